The molecule has 3 nitrogen and oxygen atoms in total. The summed E-state index contributed by atoms with van der Waals surface area (Å²) in [5, 5.41) is 4.64. The quantitative estimate of drug-likeness (QED) is 0.802. The zero-order valence-electron chi connectivity index (χ0n) is 13.8. The van der Waals surface area contributed by atoms with Gasteiger partial charge in [-0.1, -0.05) is 23.7 Å². The molecule has 2 aromatic carbocycles. The van der Waals surface area contributed by atoms with E-state index in [0.29, 0.717) is 16.7 Å². The summed E-state index contributed by atoms with van der Waals surface area (Å²) in [7, 11) is 3.60. The maximum Gasteiger partial charge on any atom is 0.173 e. The molecule has 0 amide bonds. The molecule has 0 fully saturated rings. The lowest BCUT2D eigenvalue weighted by molar-refractivity contribution is 0.399. The van der Waals surface area contributed by atoms with E-state index in [2.05, 4.69) is 37.4 Å². The van der Waals surface area contributed by atoms with Crippen molar-refractivity contribution in [2.75, 3.05) is 19.5 Å². The van der Waals surface area contributed by atoms with Crippen LogP contribution in [0.25, 0.3) is 0 Å². The molecule has 0 unspecified atom stereocenters. The lowest BCUT2D eigenvalue weighted by atomic mass is 10.1. The van der Waals surface area contributed by atoms with Gasteiger partial charge in [-0.2, -0.15) is 0 Å². The molecule has 2 rings (SSSR count). The van der Waals surface area contributed by atoms with E-state index in [9.17, 15) is 0 Å². The third-order valence-electron chi connectivity index (χ3n) is 3.63. The minimum absolute atomic E-state index is 0.612. The summed E-state index contributed by atoms with van der Waals surface area (Å²) >= 11 is 11.6. The molecule has 0 radical (unpaired) electrons. The van der Waals surface area contributed by atoms with Gasteiger partial charge in [0.1, 0.15) is 5.75 Å². The second kappa shape index (κ2) is 7.66. The van der Waals surface area contributed by atoms with Crippen LogP contribution in [0.3, 0.4) is 0 Å². The molecule has 0 aliphatic rings. The van der Waals surface area contributed by atoms with Crippen molar-refractivity contribution >= 4 is 34.6 Å². The predicted molar refractivity (Wildman–Crippen MR) is 102 cm³/mol. The van der Waals surface area contributed by atoms with Crippen LogP contribution in [0.5, 0.6) is 5.75 Å². The molecule has 0 aliphatic heterocycles. The van der Waals surface area contributed by atoms with Crippen molar-refractivity contribution in [3.8, 4) is 5.75 Å². The van der Waals surface area contributed by atoms with Crippen molar-refractivity contribution in [2.45, 2.75) is 20.4 Å². The normalized spacial score (nSPS) is 10.3. The van der Waals surface area contributed by atoms with Gasteiger partial charge in [0.15, 0.2) is 5.11 Å². The number of halogens is 1. The van der Waals surface area contributed by atoms with E-state index in [-0.39, 0.29) is 0 Å². The number of nitrogens with zero attached hydrogens (tertiary/aromatic N) is 1. The highest BCUT2D eigenvalue weighted by molar-refractivity contribution is 7.80. The van der Waals surface area contributed by atoms with Crippen LogP contribution in [-0.4, -0.2) is 24.2 Å². The standard InChI is InChI=1S/C18H21ClN2OS/c1-12-5-6-13(2)16(9-12)20-18(23)21(3)11-14-10-15(19)7-8-17(14)22-4/h5-10H,11H2,1-4H3,(H,20,23). The predicted octanol–water partition coefficient (Wildman–Crippen LogP) is 4.79. The fourth-order valence-electron chi connectivity index (χ4n) is 2.28. The summed E-state index contributed by atoms with van der Waals surface area (Å²) in [5.74, 6) is 0.802. The molecule has 0 aromatic heterocycles. The first-order valence-corrected chi connectivity index (χ1v) is 8.11. The number of hydrogen-bond donors (Lipinski definition) is 1. The highest BCUT2D eigenvalue weighted by atomic mass is 35.5. The Balaban J connectivity index is 2.11. The van der Waals surface area contributed by atoms with Crippen molar-refractivity contribution in [3.05, 3.63) is 58.1 Å². The van der Waals surface area contributed by atoms with Crippen LogP contribution < -0.4 is 10.1 Å². The maximum atomic E-state index is 6.08. The molecule has 0 saturated heterocycles. The maximum absolute atomic E-state index is 6.08. The van der Waals surface area contributed by atoms with Gasteiger partial charge in [-0.05, 0) is 61.5 Å². The highest BCUT2D eigenvalue weighted by Crippen LogP contribution is 2.24. The van der Waals surface area contributed by atoms with E-state index in [1.54, 1.807) is 7.11 Å². The first-order chi connectivity index (χ1) is 10.9. The lowest BCUT2D eigenvalue weighted by Gasteiger charge is -2.23. The molecule has 0 spiro atoms. The Morgan fingerprint density at radius 2 is 1.96 bits per heavy atom. The van der Waals surface area contributed by atoms with E-state index in [1.807, 2.05) is 30.1 Å². The average molecular weight is 349 g/mol. The van der Waals surface area contributed by atoms with Crippen LogP contribution in [0.2, 0.25) is 5.02 Å². The Morgan fingerprint density at radius 3 is 2.65 bits per heavy atom. The van der Waals surface area contributed by atoms with Gasteiger partial charge in [-0.3, -0.25) is 0 Å². The van der Waals surface area contributed by atoms with Crippen molar-refractivity contribution in [2.24, 2.45) is 0 Å². The number of rotatable bonds is 4. The smallest absolute Gasteiger partial charge is 0.173 e. The largest absolute Gasteiger partial charge is 0.496 e. The Bertz CT molecular complexity index is 718. The monoisotopic (exact) mass is 348 g/mol. The van der Waals surface area contributed by atoms with Gasteiger partial charge in [0.25, 0.3) is 0 Å². The van der Waals surface area contributed by atoms with Gasteiger partial charge in [-0.15, -0.1) is 0 Å². The second-order valence-corrected chi connectivity index (χ2v) is 6.38. The minimum Gasteiger partial charge on any atom is -0.496 e. The first-order valence-electron chi connectivity index (χ1n) is 7.32. The Hall–Kier alpha value is -1.78. The van der Waals surface area contributed by atoms with E-state index >= 15 is 0 Å². The van der Waals surface area contributed by atoms with E-state index < -0.39 is 0 Å². The SMILES string of the molecule is COc1ccc(Cl)cc1CN(C)C(=S)Nc1cc(C)ccc1C. The number of thiocarbonyl (C=S) groups is 1. The van der Waals surface area contributed by atoms with Gasteiger partial charge in [0.05, 0.1) is 7.11 Å². The summed E-state index contributed by atoms with van der Waals surface area (Å²) in [6.07, 6.45) is 0. The molecule has 23 heavy (non-hydrogen) atoms. The highest BCUT2D eigenvalue weighted by Gasteiger charge is 2.11. The number of hydrogen-bond acceptors (Lipinski definition) is 2. The third kappa shape index (κ3) is 4.60. The zero-order chi connectivity index (χ0) is 17.0. The van der Waals surface area contributed by atoms with Crippen LogP contribution >= 0.6 is 23.8 Å². The van der Waals surface area contributed by atoms with Crippen molar-refractivity contribution in [1.82, 2.24) is 4.90 Å². The lowest BCUT2D eigenvalue weighted by Crippen LogP contribution is -2.31. The summed E-state index contributed by atoms with van der Waals surface area (Å²) in [5.41, 5.74) is 4.37. The number of aryl methyl sites for hydroxylation is 2. The van der Waals surface area contributed by atoms with Crippen LogP contribution in [0.1, 0.15) is 16.7 Å². The first kappa shape index (κ1) is 17.6. The zero-order valence-corrected chi connectivity index (χ0v) is 15.4. The molecule has 122 valence electrons. The van der Waals surface area contributed by atoms with Gasteiger partial charge in [-0.25, -0.2) is 0 Å². The molecule has 0 aliphatic carbocycles. The fourth-order valence-corrected chi connectivity index (χ4v) is 2.65. The number of anilines is 1. The van der Waals surface area contributed by atoms with Crippen LogP contribution in [-0.2, 0) is 6.54 Å². The minimum atomic E-state index is 0.612. The number of methoxy groups -OCH3 is 1. The number of nitrogens with one attached hydrogen (secondary N) is 1. The summed E-state index contributed by atoms with van der Waals surface area (Å²) in [4.78, 5) is 1.96. The molecule has 2 aromatic rings. The molecule has 0 atom stereocenters. The summed E-state index contributed by atoms with van der Waals surface area (Å²) in [6, 6.07) is 11.8. The van der Waals surface area contributed by atoms with Gasteiger partial charge >= 0.3 is 0 Å². The molecule has 5 heteroatoms. The number of benzene rings is 2. The molecule has 0 heterocycles. The van der Waals surface area contributed by atoms with E-state index in [1.165, 1.54) is 5.56 Å². The third-order valence-corrected chi connectivity index (χ3v) is 4.28. The van der Waals surface area contributed by atoms with Crippen molar-refractivity contribution in [3.63, 3.8) is 0 Å². The van der Waals surface area contributed by atoms with E-state index in [4.69, 9.17) is 28.6 Å². The van der Waals surface area contributed by atoms with Crippen LogP contribution in [0.4, 0.5) is 5.69 Å². The second-order valence-electron chi connectivity index (χ2n) is 5.56. The fraction of sp³-hybridized carbons (Fsp3) is 0.278. The molecular formula is C18H21ClN2OS. The Kier molecular flexibility index (Phi) is 5.85. The van der Waals surface area contributed by atoms with Crippen LogP contribution in [0, 0.1) is 13.8 Å². The van der Waals surface area contributed by atoms with Gasteiger partial charge < -0.3 is 15.0 Å². The average Bonchev–Trinajstić information content (AvgIpc) is 2.51. The molecule has 1 N–H and O–H groups in total. The van der Waals surface area contributed by atoms with Crippen molar-refractivity contribution in [1.29, 1.82) is 0 Å². The Labute approximate surface area is 148 Å². The topological polar surface area (TPSA) is 24.5 Å². The Morgan fingerprint density at radius 1 is 1.22 bits per heavy atom. The molecule has 0 saturated carbocycles. The molecule has 0 bridgehead atoms. The van der Waals surface area contributed by atoms with Gasteiger partial charge in [0, 0.05) is 29.9 Å². The molecular weight excluding hydrogens is 328 g/mol. The van der Waals surface area contributed by atoms with Crippen LogP contribution in [0.15, 0.2) is 36.4 Å². The number of ether oxygens (including phenoxy) is 1. The van der Waals surface area contributed by atoms with Crippen molar-refractivity contribution < 1.29 is 4.74 Å². The van der Waals surface area contributed by atoms with E-state index in [0.717, 1.165) is 22.6 Å². The van der Waals surface area contributed by atoms with Gasteiger partial charge in [0.2, 0.25) is 0 Å². The summed E-state index contributed by atoms with van der Waals surface area (Å²) in [6.45, 7) is 4.74. The summed E-state index contributed by atoms with van der Waals surface area (Å²) < 4.78 is 5.39.